The lowest BCUT2D eigenvalue weighted by molar-refractivity contribution is 0.331. The highest BCUT2D eigenvalue weighted by atomic mass is 32.2. The third kappa shape index (κ3) is 3.43. The number of ether oxygens (including phenoxy) is 1. The van der Waals surface area contributed by atoms with Crippen molar-refractivity contribution in [2.45, 2.75) is 43.5 Å². The fourth-order valence-electron chi connectivity index (χ4n) is 2.57. The summed E-state index contributed by atoms with van der Waals surface area (Å²) in [5, 5.41) is 0. The van der Waals surface area contributed by atoms with Crippen LogP contribution in [0.1, 0.15) is 32.6 Å². The van der Waals surface area contributed by atoms with Gasteiger partial charge in [0, 0.05) is 17.8 Å². The molecule has 0 heterocycles. The number of hydrogen-bond donors (Lipinski definition) is 2. The van der Waals surface area contributed by atoms with Gasteiger partial charge in [-0.2, -0.15) is 0 Å². The van der Waals surface area contributed by atoms with E-state index in [1.54, 1.807) is 6.07 Å². The van der Waals surface area contributed by atoms with Crippen LogP contribution in [0.15, 0.2) is 23.1 Å². The summed E-state index contributed by atoms with van der Waals surface area (Å²) in [6.07, 6.45) is 3.90. The molecule has 2 rings (SSSR count). The lowest BCUT2D eigenvalue weighted by Gasteiger charge is -2.26. The summed E-state index contributed by atoms with van der Waals surface area (Å²) in [5.74, 6) is 0.962. The van der Waals surface area contributed by atoms with Crippen molar-refractivity contribution in [3.8, 4) is 5.75 Å². The number of methoxy groups -OCH3 is 1. The van der Waals surface area contributed by atoms with Crippen molar-refractivity contribution >= 4 is 15.7 Å². The molecule has 3 N–H and O–H groups in total. The highest BCUT2D eigenvalue weighted by Gasteiger charge is 2.26. The van der Waals surface area contributed by atoms with E-state index in [1.807, 2.05) is 0 Å². The van der Waals surface area contributed by atoms with E-state index in [0.717, 1.165) is 25.7 Å². The van der Waals surface area contributed by atoms with Crippen LogP contribution in [0.2, 0.25) is 0 Å². The normalized spacial score (nSPS) is 23.5. The first kappa shape index (κ1) is 15.1. The van der Waals surface area contributed by atoms with E-state index in [1.165, 1.54) is 19.2 Å². The molecule has 6 heteroatoms. The van der Waals surface area contributed by atoms with Crippen molar-refractivity contribution in [2.24, 2.45) is 5.92 Å². The van der Waals surface area contributed by atoms with Crippen molar-refractivity contribution in [2.75, 3.05) is 12.8 Å². The molecule has 0 spiro atoms. The SMILES string of the molecule is COc1cc(N)ccc1S(=O)(=O)NC1CCC(C)CC1. The molecule has 0 aliphatic heterocycles. The van der Waals surface area contributed by atoms with Gasteiger partial charge in [0.05, 0.1) is 7.11 Å². The van der Waals surface area contributed by atoms with Crippen LogP contribution in [0.3, 0.4) is 0 Å². The molecular weight excluding hydrogens is 276 g/mol. The summed E-state index contributed by atoms with van der Waals surface area (Å²) in [4.78, 5) is 0.146. The average molecular weight is 298 g/mol. The molecule has 0 amide bonds. The van der Waals surface area contributed by atoms with Gasteiger partial charge in [-0.25, -0.2) is 13.1 Å². The number of nitrogens with one attached hydrogen (secondary N) is 1. The first-order valence-corrected chi connectivity index (χ1v) is 8.36. The van der Waals surface area contributed by atoms with Crippen LogP contribution < -0.4 is 15.2 Å². The number of hydrogen-bond acceptors (Lipinski definition) is 4. The molecule has 1 saturated carbocycles. The van der Waals surface area contributed by atoms with Crippen LogP contribution in [0.25, 0.3) is 0 Å². The Morgan fingerprint density at radius 3 is 2.50 bits per heavy atom. The van der Waals surface area contributed by atoms with Crippen LogP contribution in [-0.4, -0.2) is 21.6 Å². The van der Waals surface area contributed by atoms with Gasteiger partial charge in [0.15, 0.2) is 0 Å². The second-order valence-corrected chi connectivity index (χ2v) is 7.17. The molecule has 1 aromatic carbocycles. The van der Waals surface area contributed by atoms with E-state index in [2.05, 4.69) is 11.6 Å². The zero-order valence-corrected chi connectivity index (χ0v) is 12.7. The summed E-state index contributed by atoms with van der Waals surface area (Å²) < 4.78 is 32.8. The van der Waals surface area contributed by atoms with Crippen molar-refractivity contribution in [3.63, 3.8) is 0 Å². The van der Waals surface area contributed by atoms with Gasteiger partial charge in [-0.15, -0.1) is 0 Å². The quantitative estimate of drug-likeness (QED) is 0.834. The zero-order valence-electron chi connectivity index (χ0n) is 11.9. The zero-order chi connectivity index (χ0) is 14.8. The molecule has 1 aromatic rings. The van der Waals surface area contributed by atoms with Crippen LogP contribution in [-0.2, 0) is 10.0 Å². The van der Waals surface area contributed by atoms with Gasteiger partial charge in [0.25, 0.3) is 0 Å². The van der Waals surface area contributed by atoms with Crippen molar-refractivity contribution < 1.29 is 13.2 Å². The van der Waals surface area contributed by atoms with Gasteiger partial charge in [-0.3, -0.25) is 0 Å². The monoisotopic (exact) mass is 298 g/mol. The Labute approximate surface area is 120 Å². The third-order valence-corrected chi connectivity index (χ3v) is 5.37. The number of rotatable bonds is 4. The smallest absolute Gasteiger partial charge is 0.244 e. The fraction of sp³-hybridized carbons (Fsp3) is 0.571. The predicted octanol–water partition coefficient (Wildman–Crippen LogP) is 2.13. The standard InChI is InChI=1S/C14H22N2O3S/c1-10-3-6-12(7-4-10)16-20(17,18)14-8-5-11(15)9-13(14)19-2/h5,8-10,12,16H,3-4,6-7,15H2,1-2H3. The molecule has 0 aromatic heterocycles. The highest BCUT2D eigenvalue weighted by Crippen LogP contribution is 2.28. The molecule has 112 valence electrons. The summed E-state index contributed by atoms with van der Waals surface area (Å²) in [6.45, 7) is 2.20. The predicted molar refractivity (Wildman–Crippen MR) is 79.1 cm³/mol. The summed E-state index contributed by atoms with van der Waals surface area (Å²) in [6, 6.07) is 4.60. The first-order chi connectivity index (χ1) is 9.42. The van der Waals surface area contributed by atoms with Crippen molar-refractivity contribution in [3.05, 3.63) is 18.2 Å². The number of nitrogen functional groups attached to an aromatic ring is 1. The molecule has 1 aliphatic carbocycles. The lowest BCUT2D eigenvalue weighted by Crippen LogP contribution is -2.37. The van der Waals surface area contributed by atoms with Crippen molar-refractivity contribution in [1.82, 2.24) is 4.72 Å². The summed E-state index contributed by atoms with van der Waals surface area (Å²) in [5.41, 5.74) is 6.13. The van der Waals surface area contributed by atoms with E-state index in [9.17, 15) is 8.42 Å². The van der Waals surface area contributed by atoms with Gasteiger partial charge in [-0.1, -0.05) is 6.92 Å². The molecule has 0 saturated heterocycles. The Morgan fingerprint density at radius 2 is 1.90 bits per heavy atom. The maximum Gasteiger partial charge on any atom is 0.244 e. The maximum absolute atomic E-state index is 12.4. The van der Waals surface area contributed by atoms with Gasteiger partial charge in [-0.05, 0) is 43.7 Å². The largest absolute Gasteiger partial charge is 0.495 e. The fourth-order valence-corrected chi connectivity index (χ4v) is 4.02. The Bertz CT molecular complexity index is 564. The number of anilines is 1. The molecule has 5 nitrogen and oxygen atoms in total. The third-order valence-electron chi connectivity index (χ3n) is 3.81. The van der Waals surface area contributed by atoms with Crippen LogP contribution in [0, 0.1) is 5.92 Å². The van der Waals surface area contributed by atoms with Crippen molar-refractivity contribution in [1.29, 1.82) is 0 Å². The minimum Gasteiger partial charge on any atom is -0.495 e. The topological polar surface area (TPSA) is 81.4 Å². The molecule has 0 radical (unpaired) electrons. The second kappa shape index (κ2) is 6.01. The molecule has 20 heavy (non-hydrogen) atoms. The Morgan fingerprint density at radius 1 is 1.25 bits per heavy atom. The minimum atomic E-state index is -3.57. The van der Waals surface area contributed by atoms with Crippen LogP contribution in [0.5, 0.6) is 5.75 Å². The van der Waals surface area contributed by atoms with E-state index in [4.69, 9.17) is 10.5 Å². The minimum absolute atomic E-state index is 0.0125. The highest BCUT2D eigenvalue weighted by molar-refractivity contribution is 7.89. The van der Waals surface area contributed by atoms with Gasteiger partial charge in [0.2, 0.25) is 10.0 Å². The first-order valence-electron chi connectivity index (χ1n) is 6.88. The number of benzene rings is 1. The molecule has 1 fully saturated rings. The van der Waals surface area contributed by atoms with Gasteiger partial charge in [0.1, 0.15) is 10.6 Å². The van der Waals surface area contributed by atoms with E-state index in [-0.39, 0.29) is 16.7 Å². The Balaban J connectivity index is 2.18. The number of nitrogens with two attached hydrogens (primary N) is 1. The van der Waals surface area contributed by atoms with E-state index >= 15 is 0 Å². The average Bonchev–Trinajstić information content (AvgIpc) is 2.40. The molecule has 0 bridgehead atoms. The van der Waals surface area contributed by atoms with Crippen LogP contribution in [0.4, 0.5) is 5.69 Å². The number of sulfonamides is 1. The van der Waals surface area contributed by atoms with Gasteiger partial charge >= 0.3 is 0 Å². The lowest BCUT2D eigenvalue weighted by atomic mass is 9.88. The van der Waals surface area contributed by atoms with E-state index in [0.29, 0.717) is 11.6 Å². The maximum atomic E-state index is 12.4. The summed E-state index contributed by atoms with van der Waals surface area (Å²) >= 11 is 0. The second-order valence-electron chi connectivity index (χ2n) is 5.49. The molecule has 1 aliphatic rings. The molecule has 0 atom stereocenters. The summed E-state index contributed by atoms with van der Waals surface area (Å²) in [7, 11) is -2.13. The van der Waals surface area contributed by atoms with Gasteiger partial charge < -0.3 is 10.5 Å². The van der Waals surface area contributed by atoms with Crippen LogP contribution >= 0.6 is 0 Å². The Hall–Kier alpha value is -1.27. The van der Waals surface area contributed by atoms with E-state index < -0.39 is 10.0 Å². The molecular formula is C14H22N2O3S. The Kier molecular flexibility index (Phi) is 4.55. The molecule has 0 unspecified atom stereocenters.